The third kappa shape index (κ3) is 20.2. The summed E-state index contributed by atoms with van der Waals surface area (Å²) in [6.45, 7) is 9.90. The topological polar surface area (TPSA) is 250 Å². The van der Waals surface area contributed by atoms with Crippen LogP contribution in [0.1, 0.15) is 196 Å². The van der Waals surface area contributed by atoms with Crippen molar-refractivity contribution in [3.05, 3.63) is 0 Å². The Morgan fingerprint density at radius 1 is 0.589 bits per heavy atom. The first-order chi connectivity index (χ1) is 44.6. The highest BCUT2D eigenvalue weighted by atomic mass is 35.5. The number of hydrogen-bond acceptors (Lipinski definition) is 11. The summed E-state index contributed by atoms with van der Waals surface area (Å²) in [6.07, 6.45) is 5.89. The van der Waals surface area contributed by atoms with Crippen molar-refractivity contribution < 1.29 is 65.9 Å². The molecule has 0 aromatic carbocycles. The zero-order valence-corrected chi connectivity index (χ0v) is 59.8. The van der Waals surface area contributed by atoms with Gasteiger partial charge in [-0.1, -0.05) is 98.8 Å². The van der Waals surface area contributed by atoms with Crippen molar-refractivity contribution in [1.82, 2.24) is 55.1 Å². The van der Waals surface area contributed by atoms with Gasteiger partial charge in [0.15, 0.2) is 0 Å². The Morgan fingerprint density at radius 3 is 1.79 bits per heavy atom. The maximum Gasteiger partial charge on any atom is 0.393 e. The van der Waals surface area contributed by atoms with Crippen LogP contribution in [0.25, 0.3) is 0 Å². The maximum atomic E-state index is 15.5. The van der Waals surface area contributed by atoms with E-state index >= 15 is 19.2 Å². The van der Waals surface area contributed by atoms with E-state index in [1.54, 1.807) is 27.9 Å². The third-order valence-electron chi connectivity index (χ3n) is 22.2. The van der Waals surface area contributed by atoms with E-state index in [0.29, 0.717) is 44.4 Å². The van der Waals surface area contributed by atoms with E-state index in [9.17, 15) is 46.7 Å². The molecule has 2 aliphatic heterocycles. The number of likely N-dealkylation sites (N-methyl/N-ethyl adjacent to an activating group) is 7. The molecular formula is C69H113ClF3N11O11. The summed E-state index contributed by atoms with van der Waals surface area (Å²) in [5.41, 5.74) is -1.46. The summed E-state index contributed by atoms with van der Waals surface area (Å²) < 4.78 is 41.9. The number of nitrogens with zero attached hydrogens (tertiary/aromatic N) is 8. The summed E-state index contributed by atoms with van der Waals surface area (Å²) in [4.78, 5) is 173. The van der Waals surface area contributed by atoms with E-state index in [-0.39, 0.29) is 101 Å². The quantitative estimate of drug-likeness (QED) is 0.193. The van der Waals surface area contributed by atoms with E-state index in [2.05, 4.69) is 22.9 Å². The Morgan fingerprint density at radius 2 is 1.19 bits per heavy atom. The molecule has 0 radical (unpaired) electrons. The van der Waals surface area contributed by atoms with Gasteiger partial charge in [-0.15, -0.1) is 11.6 Å². The second-order valence-corrected chi connectivity index (χ2v) is 30.4. The van der Waals surface area contributed by atoms with Gasteiger partial charge in [0.25, 0.3) is 0 Å². The van der Waals surface area contributed by atoms with Gasteiger partial charge in [0.05, 0.1) is 25.6 Å². The van der Waals surface area contributed by atoms with Crippen molar-refractivity contribution in [2.75, 3.05) is 75.5 Å². The van der Waals surface area contributed by atoms with Gasteiger partial charge in [-0.25, -0.2) is 0 Å². The third-order valence-corrected chi connectivity index (χ3v) is 22.7. The Bertz CT molecular complexity index is 2710. The number of carbonyl (C=O) groups excluding carboxylic acids is 11. The minimum absolute atomic E-state index is 0.0176. The van der Waals surface area contributed by atoms with Crippen LogP contribution in [0.3, 0.4) is 0 Å². The number of amides is 11. The fraction of sp³-hybridized carbons (Fsp3) is 0.841. The van der Waals surface area contributed by atoms with Crippen molar-refractivity contribution in [2.45, 2.75) is 255 Å². The molecular weight excluding hydrogens is 1250 g/mol. The number of nitrogens with one attached hydrogen (secondary N) is 3. The van der Waals surface area contributed by atoms with Gasteiger partial charge in [0.1, 0.15) is 41.8 Å². The number of alkyl halides is 4. The molecule has 6 rings (SSSR count). The molecule has 4 saturated carbocycles. The number of hydrogen-bond donors (Lipinski definition) is 3. The molecule has 26 heteroatoms. The van der Waals surface area contributed by atoms with Crippen LogP contribution in [0.2, 0.25) is 0 Å². The zero-order chi connectivity index (χ0) is 70.6. The molecule has 95 heavy (non-hydrogen) atoms. The first-order valence-electron chi connectivity index (χ1n) is 35.3. The van der Waals surface area contributed by atoms with E-state index in [0.717, 1.165) is 49.8 Å². The molecule has 0 aromatic rings. The van der Waals surface area contributed by atoms with Gasteiger partial charge in [0, 0.05) is 73.7 Å². The fourth-order valence-electron chi connectivity index (χ4n) is 15.5. The van der Waals surface area contributed by atoms with Crippen LogP contribution in [0.15, 0.2) is 0 Å². The predicted molar refractivity (Wildman–Crippen MR) is 354 cm³/mol. The van der Waals surface area contributed by atoms with Gasteiger partial charge in [-0.3, -0.25) is 52.7 Å². The Hall–Kier alpha value is -5.75. The molecule has 1 spiro atoms. The lowest BCUT2D eigenvalue weighted by molar-refractivity contribution is -0.182. The first-order valence-corrected chi connectivity index (χ1v) is 35.8. The highest BCUT2D eigenvalue weighted by molar-refractivity contribution is 6.20. The minimum Gasteiger partial charge on any atom is -0.343 e. The number of rotatable bonds is 10. The Labute approximate surface area is 567 Å². The van der Waals surface area contributed by atoms with E-state index in [1.807, 2.05) is 20.8 Å². The molecule has 11 amide bonds. The summed E-state index contributed by atoms with van der Waals surface area (Å²) in [5.74, 6) is -8.57. The molecule has 22 nitrogen and oxygen atoms in total. The summed E-state index contributed by atoms with van der Waals surface area (Å²) in [6, 6.07) is -7.40. The summed E-state index contributed by atoms with van der Waals surface area (Å²) >= 11 is 6.39. The normalized spacial score (nSPS) is 31.5. The Kier molecular flexibility index (Phi) is 28.5. The van der Waals surface area contributed by atoms with Crippen LogP contribution >= 0.6 is 11.6 Å². The van der Waals surface area contributed by atoms with Gasteiger partial charge in [-0.2, -0.15) is 13.2 Å². The lowest BCUT2D eigenvalue weighted by Gasteiger charge is -2.43. The highest BCUT2D eigenvalue weighted by Crippen LogP contribution is 2.44. The lowest BCUT2D eigenvalue weighted by atomic mass is 9.78. The van der Waals surface area contributed by atoms with Crippen LogP contribution in [0.4, 0.5) is 13.2 Å². The number of fused-ring (bicyclic) bond motifs is 1. The summed E-state index contributed by atoms with van der Waals surface area (Å²) in [5, 5.41) is 7.67. The number of halogens is 4. The van der Waals surface area contributed by atoms with E-state index < -0.39 is 156 Å². The largest absolute Gasteiger partial charge is 0.393 e. The SMILES string of the molecule is CC[C@H](C)[C@@H]1NC(=O)[C@H](CC(C)C)N(C)C(=O)C[C@@H](C)N(C)C(=O)[C@H](C2CCCCC2)N(C)C(=O)C2(CCCC2)NC(=O)[C@@H]2CCCN2C(=O)[C@H](CCC2CCC(C(F)(F)F)C(Cl)C2)NC(=O)CN(C)C(=O)[C@H](CC2CCC(C)CC2)N(C)C(=O)CN(C)C(=O)CN(C)C1=O. The van der Waals surface area contributed by atoms with Gasteiger partial charge >= 0.3 is 6.18 Å². The average molecular weight is 1370 g/mol. The second kappa shape index (κ2) is 34.6. The molecule has 6 fully saturated rings. The molecule has 3 unspecified atom stereocenters. The highest BCUT2D eigenvalue weighted by Gasteiger charge is 2.52. The smallest absolute Gasteiger partial charge is 0.343 e. The van der Waals surface area contributed by atoms with Crippen LogP contribution < -0.4 is 16.0 Å². The van der Waals surface area contributed by atoms with Gasteiger partial charge in [0.2, 0.25) is 65.0 Å². The molecule has 2 heterocycles. The zero-order valence-electron chi connectivity index (χ0n) is 59.0. The van der Waals surface area contributed by atoms with E-state index in [1.165, 1.54) is 69.5 Å². The number of carbonyl (C=O) groups is 11. The second-order valence-electron chi connectivity index (χ2n) is 29.8. The average Bonchev–Trinajstić information content (AvgIpc) is 1.76. The molecule has 4 aliphatic carbocycles. The molecule has 2 saturated heterocycles. The van der Waals surface area contributed by atoms with Gasteiger partial charge in [-0.05, 0) is 126 Å². The molecule has 538 valence electrons. The van der Waals surface area contributed by atoms with Crippen LogP contribution in [-0.4, -0.2) is 239 Å². The van der Waals surface area contributed by atoms with Crippen molar-refractivity contribution >= 4 is 76.6 Å². The molecule has 0 aromatic heterocycles. The molecule has 11 atom stereocenters. The van der Waals surface area contributed by atoms with Crippen molar-refractivity contribution in [3.8, 4) is 0 Å². The van der Waals surface area contributed by atoms with E-state index in [4.69, 9.17) is 11.6 Å². The monoisotopic (exact) mass is 1360 g/mol. The van der Waals surface area contributed by atoms with Crippen LogP contribution in [-0.2, 0) is 52.7 Å². The fourth-order valence-corrected chi connectivity index (χ4v) is 16.1. The maximum absolute atomic E-state index is 15.5. The molecule has 3 N–H and O–H groups in total. The molecule has 0 bridgehead atoms. The minimum atomic E-state index is -4.49. The standard InChI is InChI=1S/C69H113ClF3N11O11/c1-14-44(5)59-65(93)79(9)40-57(87)77(7)41-58(88)82(12)54(38-47-26-24-43(4)25-27-47)64(92)78(8)39-55(85)74-51(31-29-46-28-30-49(50(70)37-46)69(71,72)73)63(91)84-34-20-23-52(84)62(90)76-68(32-18-19-33-68)67(95)83(13)60(48-21-16-15-17-22-48)66(94)80(10)45(6)36-56(86)81(11)53(35-42(2)3)61(89)75-59/h42-54,59-60H,14-41H2,1-13H3,(H,74,85)(H,75,89)(H,76,90)/t43?,44-,45+,46?,47?,49?,50?,51-,52-,53-,54-,59-,60-/m0/s1. The lowest BCUT2D eigenvalue weighted by Crippen LogP contribution is -2.65. The summed E-state index contributed by atoms with van der Waals surface area (Å²) in [7, 11) is 10.4. The predicted octanol–water partition coefficient (Wildman–Crippen LogP) is 6.74. The van der Waals surface area contributed by atoms with Crippen LogP contribution in [0, 0.1) is 41.4 Å². The van der Waals surface area contributed by atoms with Crippen molar-refractivity contribution in [1.29, 1.82) is 0 Å². The molecule has 6 aliphatic rings. The first kappa shape index (κ1) is 78.2. The van der Waals surface area contributed by atoms with Crippen molar-refractivity contribution in [3.63, 3.8) is 0 Å². The van der Waals surface area contributed by atoms with Gasteiger partial charge < -0.3 is 55.1 Å². The van der Waals surface area contributed by atoms with Crippen molar-refractivity contribution in [2.24, 2.45) is 41.4 Å². The Balaban J connectivity index is 1.37. The van der Waals surface area contributed by atoms with Crippen LogP contribution in [0.5, 0.6) is 0 Å².